The molecule has 3 rings (SSSR count). The maximum Gasteiger partial charge on any atom is 0.232 e. The van der Waals surface area contributed by atoms with Gasteiger partial charge in [0.05, 0.1) is 12.2 Å². The lowest BCUT2D eigenvalue weighted by Gasteiger charge is -2.20. The molecule has 0 aliphatic heterocycles. The Morgan fingerprint density at radius 2 is 1.85 bits per heavy atom. The fourth-order valence-corrected chi connectivity index (χ4v) is 2.53. The Bertz CT molecular complexity index is 752. The molecule has 1 saturated carbocycles. The summed E-state index contributed by atoms with van der Waals surface area (Å²) in [6.07, 6.45) is 4.26. The molecule has 0 bridgehead atoms. The van der Waals surface area contributed by atoms with Crippen molar-refractivity contribution in [1.82, 2.24) is 15.1 Å². The van der Waals surface area contributed by atoms with Gasteiger partial charge in [-0.25, -0.2) is 0 Å². The van der Waals surface area contributed by atoms with Crippen LogP contribution in [0.1, 0.15) is 71.8 Å². The Morgan fingerprint density at radius 3 is 2.42 bits per heavy atom. The predicted molar refractivity (Wildman–Crippen MR) is 99.4 cm³/mol. The highest BCUT2D eigenvalue weighted by atomic mass is 16.5. The summed E-state index contributed by atoms with van der Waals surface area (Å²) in [5.41, 5.74) is 1.47. The number of hydrogen-bond acceptors (Lipinski definition) is 6. The van der Waals surface area contributed by atoms with Crippen molar-refractivity contribution in [3.63, 3.8) is 0 Å². The molecular weight excluding hydrogens is 330 g/mol. The van der Waals surface area contributed by atoms with E-state index in [-0.39, 0.29) is 11.0 Å². The van der Waals surface area contributed by atoms with Crippen molar-refractivity contribution < 1.29 is 14.0 Å². The number of pyridine rings is 1. The van der Waals surface area contributed by atoms with E-state index in [9.17, 15) is 0 Å². The summed E-state index contributed by atoms with van der Waals surface area (Å²) >= 11 is 0. The second kappa shape index (κ2) is 6.99. The number of nitrogens with zero attached hydrogens (tertiary/aromatic N) is 3. The van der Waals surface area contributed by atoms with Gasteiger partial charge in [0.2, 0.25) is 11.7 Å². The number of rotatable bonds is 6. The number of aromatic nitrogens is 3. The molecule has 0 radical (unpaired) electrons. The molecule has 6 nitrogen and oxygen atoms in total. The Balaban J connectivity index is 1.77. The van der Waals surface area contributed by atoms with Gasteiger partial charge >= 0.3 is 0 Å². The molecule has 2 heterocycles. The lowest BCUT2D eigenvalue weighted by Crippen LogP contribution is -2.22. The second-order valence-electron chi connectivity index (χ2n) is 8.86. The van der Waals surface area contributed by atoms with Crippen LogP contribution in [0.5, 0.6) is 5.75 Å². The molecule has 0 saturated heterocycles. The Morgan fingerprint density at radius 1 is 1.12 bits per heavy atom. The summed E-state index contributed by atoms with van der Waals surface area (Å²) in [7, 11) is 0. The first-order valence-electron chi connectivity index (χ1n) is 9.25. The summed E-state index contributed by atoms with van der Waals surface area (Å²) < 4.78 is 17.1. The van der Waals surface area contributed by atoms with Crippen LogP contribution in [-0.4, -0.2) is 33.9 Å². The van der Waals surface area contributed by atoms with E-state index in [1.54, 1.807) is 0 Å². The molecule has 0 N–H and O–H groups in total. The standard InChI is InChI=1S/C20H29N3O3/c1-19(2,3)18-22-17(23-26-18)15-11-16(14(12-21-15)13-7-8-13)24-9-10-25-20(4,5)6/h11-13H,7-10H2,1-6H3. The molecule has 142 valence electrons. The van der Waals surface area contributed by atoms with Gasteiger partial charge in [-0.15, -0.1) is 0 Å². The third-order valence-corrected chi connectivity index (χ3v) is 4.08. The van der Waals surface area contributed by atoms with Gasteiger partial charge in [-0.05, 0) is 39.5 Å². The van der Waals surface area contributed by atoms with Crippen molar-refractivity contribution in [3.8, 4) is 17.3 Å². The first kappa shape index (κ1) is 18.8. The molecule has 2 aromatic heterocycles. The van der Waals surface area contributed by atoms with Gasteiger partial charge in [-0.2, -0.15) is 4.98 Å². The molecule has 0 aromatic carbocycles. The van der Waals surface area contributed by atoms with Gasteiger partial charge in [-0.3, -0.25) is 4.98 Å². The maximum atomic E-state index is 6.02. The number of ether oxygens (including phenoxy) is 2. The first-order valence-corrected chi connectivity index (χ1v) is 9.25. The molecule has 6 heteroatoms. The summed E-state index contributed by atoms with van der Waals surface area (Å²) in [6, 6.07) is 1.92. The maximum absolute atomic E-state index is 6.02. The zero-order valence-corrected chi connectivity index (χ0v) is 16.6. The average Bonchev–Trinajstić information content (AvgIpc) is 3.24. The third kappa shape index (κ3) is 4.81. The van der Waals surface area contributed by atoms with Crippen molar-refractivity contribution in [1.29, 1.82) is 0 Å². The smallest absolute Gasteiger partial charge is 0.232 e. The summed E-state index contributed by atoms with van der Waals surface area (Å²) in [6.45, 7) is 13.3. The van der Waals surface area contributed by atoms with E-state index < -0.39 is 0 Å². The molecule has 0 spiro atoms. The third-order valence-electron chi connectivity index (χ3n) is 4.08. The highest BCUT2D eigenvalue weighted by Gasteiger charge is 2.29. The van der Waals surface area contributed by atoms with E-state index >= 15 is 0 Å². The minimum absolute atomic E-state index is 0.167. The zero-order chi connectivity index (χ0) is 18.9. The van der Waals surface area contributed by atoms with Crippen molar-refractivity contribution >= 4 is 0 Å². The molecule has 0 atom stereocenters. The average molecular weight is 359 g/mol. The van der Waals surface area contributed by atoms with E-state index in [0.717, 1.165) is 11.3 Å². The fraction of sp³-hybridized carbons (Fsp3) is 0.650. The number of hydrogen-bond donors (Lipinski definition) is 0. The molecule has 1 aliphatic carbocycles. The highest BCUT2D eigenvalue weighted by Crippen LogP contribution is 2.44. The molecule has 0 unspecified atom stereocenters. The van der Waals surface area contributed by atoms with E-state index in [1.807, 2.05) is 53.8 Å². The van der Waals surface area contributed by atoms with Gasteiger partial charge in [0, 0.05) is 23.2 Å². The van der Waals surface area contributed by atoms with Gasteiger partial charge in [0.25, 0.3) is 0 Å². The molecule has 1 aliphatic rings. The van der Waals surface area contributed by atoms with Gasteiger partial charge in [0.15, 0.2) is 0 Å². The minimum Gasteiger partial charge on any atom is -0.491 e. The van der Waals surface area contributed by atoms with Gasteiger partial charge < -0.3 is 14.0 Å². The van der Waals surface area contributed by atoms with Crippen molar-refractivity contribution in [2.45, 2.75) is 71.3 Å². The van der Waals surface area contributed by atoms with E-state index in [2.05, 4.69) is 15.1 Å². The lowest BCUT2D eigenvalue weighted by molar-refractivity contribution is -0.0164. The van der Waals surface area contributed by atoms with E-state index in [1.165, 1.54) is 12.8 Å². The van der Waals surface area contributed by atoms with Crippen molar-refractivity contribution in [3.05, 3.63) is 23.7 Å². The van der Waals surface area contributed by atoms with Crippen molar-refractivity contribution in [2.75, 3.05) is 13.2 Å². The van der Waals surface area contributed by atoms with E-state index in [0.29, 0.717) is 36.5 Å². The van der Waals surface area contributed by atoms with Gasteiger partial charge in [-0.1, -0.05) is 25.9 Å². The molecule has 1 fully saturated rings. The van der Waals surface area contributed by atoms with Crippen LogP contribution < -0.4 is 4.74 Å². The van der Waals surface area contributed by atoms with Crippen LogP contribution in [0.3, 0.4) is 0 Å². The fourth-order valence-electron chi connectivity index (χ4n) is 2.53. The zero-order valence-electron chi connectivity index (χ0n) is 16.6. The Hall–Kier alpha value is -1.95. The van der Waals surface area contributed by atoms with E-state index in [4.69, 9.17) is 14.0 Å². The van der Waals surface area contributed by atoms with Crippen LogP contribution >= 0.6 is 0 Å². The quantitative estimate of drug-likeness (QED) is 0.707. The summed E-state index contributed by atoms with van der Waals surface area (Å²) in [5.74, 6) is 2.48. The van der Waals surface area contributed by atoms with Crippen molar-refractivity contribution in [2.24, 2.45) is 0 Å². The molecule has 26 heavy (non-hydrogen) atoms. The van der Waals surface area contributed by atoms with Crippen LogP contribution in [0.15, 0.2) is 16.8 Å². The Kier molecular flexibility index (Phi) is 5.06. The van der Waals surface area contributed by atoms with Gasteiger partial charge in [0.1, 0.15) is 18.1 Å². The SMILES string of the molecule is CC(C)(C)OCCOc1cc(-c2noc(C(C)(C)C)n2)ncc1C1CC1. The van der Waals surface area contributed by atoms with Crippen LogP contribution in [0, 0.1) is 0 Å². The van der Waals surface area contributed by atoms with Crippen LogP contribution in [0.25, 0.3) is 11.5 Å². The summed E-state index contributed by atoms with van der Waals surface area (Å²) in [5, 5.41) is 4.08. The van der Waals surface area contributed by atoms with Crippen LogP contribution in [0.4, 0.5) is 0 Å². The molecule has 2 aromatic rings. The van der Waals surface area contributed by atoms with Crippen LogP contribution in [0.2, 0.25) is 0 Å². The summed E-state index contributed by atoms with van der Waals surface area (Å²) in [4.78, 5) is 9.03. The second-order valence-corrected chi connectivity index (χ2v) is 8.86. The highest BCUT2D eigenvalue weighted by molar-refractivity contribution is 5.54. The lowest BCUT2D eigenvalue weighted by atomic mass is 9.97. The van der Waals surface area contributed by atoms with Crippen LogP contribution in [-0.2, 0) is 10.2 Å². The topological polar surface area (TPSA) is 70.3 Å². The molecular formula is C20H29N3O3. The minimum atomic E-state index is -0.192. The Labute approximate surface area is 155 Å². The normalized spacial score (nSPS) is 15.3. The monoisotopic (exact) mass is 359 g/mol. The largest absolute Gasteiger partial charge is 0.491 e. The predicted octanol–water partition coefficient (Wildman–Crippen LogP) is 4.50. The molecule has 0 amide bonds. The first-order chi connectivity index (χ1) is 12.1.